The van der Waals surface area contributed by atoms with Gasteiger partial charge in [0.05, 0.1) is 5.60 Å². The summed E-state index contributed by atoms with van der Waals surface area (Å²) in [6.07, 6.45) is 7.13. The summed E-state index contributed by atoms with van der Waals surface area (Å²) in [6, 6.07) is 0. The van der Waals surface area contributed by atoms with Crippen LogP contribution in [-0.2, 0) is 0 Å². The van der Waals surface area contributed by atoms with Gasteiger partial charge in [0.2, 0.25) is 0 Å². The standard InChI is InChI=1S/C16H30O/c1-11-5-6-15(9-13(11)3)16(17)8-7-12(2)14(4)10-16/h11-15,17H,5-10H2,1-4H3. The van der Waals surface area contributed by atoms with Crippen LogP contribution in [0, 0.1) is 29.6 Å². The van der Waals surface area contributed by atoms with E-state index in [2.05, 4.69) is 27.7 Å². The number of aliphatic hydroxyl groups is 1. The molecule has 2 aliphatic carbocycles. The molecule has 0 aromatic heterocycles. The lowest BCUT2D eigenvalue weighted by Crippen LogP contribution is -2.46. The molecule has 0 saturated heterocycles. The first-order chi connectivity index (χ1) is 7.92. The van der Waals surface area contributed by atoms with Crippen molar-refractivity contribution in [3.8, 4) is 0 Å². The van der Waals surface area contributed by atoms with Crippen LogP contribution in [0.3, 0.4) is 0 Å². The summed E-state index contributed by atoms with van der Waals surface area (Å²) >= 11 is 0. The van der Waals surface area contributed by atoms with Crippen LogP contribution >= 0.6 is 0 Å². The first-order valence-corrected chi connectivity index (χ1v) is 7.64. The average Bonchev–Trinajstić information content (AvgIpc) is 2.28. The van der Waals surface area contributed by atoms with Gasteiger partial charge in [0.1, 0.15) is 0 Å². The zero-order valence-corrected chi connectivity index (χ0v) is 12.1. The van der Waals surface area contributed by atoms with Gasteiger partial charge in [-0.05, 0) is 61.7 Å². The third-order valence-corrected chi connectivity index (χ3v) is 6.04. The van der Waals surface area contributed by atoms with Gasteiger partial charge in [0.15, 0.2) is 0 Å². The largest absolute Gasteiger partial charge is 0.390 e. The molecular weight excluding hydrogens is 208 g/mol. The van der Waals surface area contributed by atoms with E-state index in [0.717, 1.165) is 30.6 Å². The summed E-state index contributed by atoms with van der Waals surface area (Å²) < 4.78 is 0. The van der Waals surface area contributed by atoms with Crippen molar-refractivity contribution in [2.45, 2.75) is 71.8 Å². The van der Waals surface area contributed by atoms with Crippen LogP contribution in [0.15, 0.2) is 0 Å². The quantitative estimate of drug-likeness (QED) is 0.724. The van der Waals surface area contributed by atoms with Gasteiger partial charge >= 0.3 is 0 Å². The van der Waals surface area contributed by atoms with Crippen molar-refractivity contribution in [1.82, 2.24) is 0 Å². The van der Waals surface area contributed by atoms with E-state index in [1.165, 1.54) is 25.7 Å². The second kappa shape index (κ2) is 4.91. The summed E-state index contributed by atoms with van der Waals surface area (Å²) in [6.45, 7) is 9.41. The maximum absolute atomic E-state index is 11.0. The maximum Gasteiger partial charge on any atom is 0.0678 e. The van der Waals surface area contributed by atoms with Crippen LogP contribution in [0.25, 0.3) is 0 Å². The van der Waals surface area contributed by atoms with Gasteiger partial charge in [-0.25, -0.2) is 0 Å². The van der Waals surface area contributed by atoms with Crippen molar-refractivity contribution >= 4 is 0 Å². The van der Waals surface area contributed by atoms with E-state index >= 15 is 0 Å². The van der Waals surface area contributed by atoms with Crippen molar-refractivity contribution in [2.24, 2.45) is 29.6 Å². The Morgan fingerprint density at radius 1 is 0.824 bits per heavy atom. The minimum absolute atomic E-state index is 0.333. The van der Waals surface area contributed by atoms with Crippen LogP contribution in [-0.4, -0.2) is 10.7 Å². The minimum atomic E-state index is -0.333. The van der Waals surface area contributed by atoms with E-state index in [1.807, 2.05) is 0 Å². The zero-order valence-electron chi connectivity index (χ0n) is 12.1. The predicted octanol–water partition coefficient (Wildman–Crippen LogP) is 4.25. The molecule has 1 N–H and O–H groups in total. The molecule has 2 saturated carbocycles. The second-order valence-corrected chi connectivity index (χ2v) is 7.27. The fraction of sp³-hybridized carbons (Fsp3) is 1.00. The topological polar surface area (TPSA) is 20.2 Å². The van der Waals surface area contributed by atoms with E-state index in [1.54, 1.807) is 0 Å². The van der Waals surface area contributed by atoms with Crippen molar-refractivity contribution in [3.63, 3.8) is 0 Å². The third kappa shape index (κ3) is 2.70. The van der Waals surface area contributed by atoms with Crippen molar-refractivity contribution in [1.29, 1.82) is 0 Å². The molecule has 0 amide bonds. The molecule has 0 aromatic carbocycles. The van der Waals surface area contributed by atoms with Crippen LogP contribution in [0.4, 0.5) is 0 Å². The van der Waals surface area contributed by atoms with E-state index in [4.69, 9.17) is 0 Å². The highest BCUT2D eigenvalue weighted by molar-refractivity contribution is 4.95. The zero-order chi connectivity index (χ0) is 12.6. The molecule has 1 nitrogen and oxygen atoms in total. The molecule has 0 radical (unpaired) electrons. The van der Waals surface area contributed by atoms with E-state index < -0.39 is 0 Å². The van der Waals surface area contributed by atoms with Gasteiger partial charge < -0.3 is 5.11 Å². The lowest BCUT2D eigenvalue weighted by molar-refractivity contribution is -0.0940. The molecule has 2 fully saturated rings. The maximum atomic E-state index is 11.0. The van der Waals surface area contributed by atoms with Crippen LogP contribution in [0.1, 0.15) is 66.2 Å². The van der Waals surface area contributed by atoms with Gasteiger partial charge in [-0.3, -0.25) is 0 Å². The first kappa shape index (κ1) is 13.4. The second-order valence-electron chi connectivity index (χ2n) is 7.27. The molecule has 0 spiro atoms. The molecule has 6 unspecified atom stereocenters. The molecule has 0 aromatic rings. The lowest BCUT2D eigenvalue weighted by Gasteiger charge is -2.47. The molecule has 2 aliphatic rings. The van der Waals surface area contributed by atoms with Gasteiger partial charge in [-0.1, -0.05) is 34.1 Å². The minimum Gasteiger partial charge on any atom is -0.390 e. The normalized spacial score (nSPS) is 52.4. The fourth-order valence-electron chi connectivity index (χ4n) is 4.03. The number of hydrogen-bond donors (Lipinski definition) is 1. The van der Waals surface area contributed by atoms with E-state index in [9.17, 15) is 5.11 Å². The molecule has 0 bridgehead atoms. The lowest BCUT2D eigenvalue weighted by atomic mass is 9.62. The van der Waals surface area contributed by atoms with Crippen LogP contribution in [0.2, 0.25) is 0 Å². The van der Waals surface area contributed by atoms with Gasteiger partial charge in [0.25, 0.3) is 0 Å². The highest BCUT2D eigenvalue weighted by Gasteiger charge is 2.43. The molecule has 0 aliphatic heterocycles. The predicted molar refractivity (Wildman–Crippen MR) is 72.8 cm³/mol. The summed E-state index contributed by atoms with van der Waals surface area (Å²) in [5, 5.41) is 11.0. The first-order valence-electron chi connectivity index (χ1n) is 7.64. The Balaban J connectivity index is 2.01. The molecule has 1 heteroatoms. The molecule has 100 valence electrons. The Morgan fingerprint density at radius 2 is 1.47 bits per heavy atom. The molecular formula is C16H30O. The van der Waals surface area contributed by atoms with Gasteiger partial charge in [-0.15, -0.1) is 0 Å². The summed E-state index contributed by atoms with van der Waals surface area (Å²) in [5.41, 5.74) is -0.333. The van der Waals surface area contributed by atoms with Crippen LogP contribution < -0.4 is 0 Å². The van der Waals surface area contributed by atoms with Crippen molar-refractivity contribution in [3.05, 3.63) is 0 Å². The number of rotatable bonds is 1. The van der Waals surface area contributed by atoms with Crippen molar-refractivity contribution in [2.75, 3.05) is 0 Å². The van der Waals surface area contributed by atoms with Gasteiger partial charge in [-0.2, -0.15) is 0 Å². The SMILES string of the molecule is CC1CCC(C2(O)CCC(C)C(C)C2)CC1C. The Morgan fingerprint density at radius 3 is 2.06 bits per heavy atom. The van der Waals surface area contributed by atoms with Crippen molar-refractivity contribution < 1.29 is 5.11 Å². The van der Waals surface area contributed by atoms with E-state index in [0.29, 0.717) is 11.8 Å². The Kier molecular flexibility index (Phi) is 3.87. The molecule has 6 atom stereocenters. The monoisotopic (exact) mass is 238 g/mol. The van der Waals surface area contributed by atoms with Crippen LogP contribution in [0.5, 0.6) is 0 Å². The summed E-state index contributed by atoms with van der Waals surface area (Å²) in [7, 11) is 0. The van der Waals surface area contributed by atoms with E-state index in [-0.39, 0.29) is 5.60 Å². The molecule has 2 rings (SSSR count). The summed E-state index contributed by atoms with van der Waals surface area (Å²) in [5.74, 6) is 3.73. The Bertz CT molecular complexity index is 262. The number of hydrogen-bond acceptors (Lipinski definition) is 1. The fourth-order valence-corrected chi connectivity index (χ4v) is 4.03. The Labute approximate surface area is 107 Å². The highest BCUT2D eigenvalue weighted by Crippen LogP contribution is 2.47. The third-order valence-electron chi connectivity index (χ3n) is 6.04. The molecule has 0 heterocycles. The molecule has 17 heavy (non-hydrogen) atoms. The average molecular weight is 238 g/mol. The summed E-state index contributed by atoms with van der Waals surface area (Å²) in [4.78, 5) is 0. The smallest absolute Gasteiger partial charge is 0.0678 e. The van der Waals surface area contributed by atoms with Gasteiger partial charge in [0, 0.05) is 0 Å². The Hall–Kier alpha value is -0.0400. The highest BCUT2D eigenvalue weighted by atomic mass is 16.3.